The van der Waals surface area contributed by atoms with Gasteiger partial charge in [0.1, 0.15) is 11.8 Å². The molecular weight excluding hydrogens is 194 g/mol. The van der Waals surface area contributed by atoms with Gasteiger partial charge in [-0.15, -0.1) is 0 Å². The number of carbonyl (C=O) groups excluding carboxylic acids is 1. The minimum absolute atomic E-state index is 0.219. The van der Waals surface area contributed by atoms with Crippen molar-refractivity contribution in [1.82, 2.24) is 5.32 Å². The van der Waals surface area contributed by atoms with Gasteiger partial charge in [-0.2, -0.15) is 0 Å². The molecule has 0 amide bonds. The van der Waals surface area contributed by atoms with Crippen LogP contribution in [0.3, 0.4) is 0 Å². The lowest BCUT2D eigenvalue weighted by molar-refractivity contribution is -0.143. The fraction of sp³-hybridized carbons (Fsp3) is 0.545. The summed E-state index contributed by atoms with van der Waals surface area (Å²) < 4.78 is 9.86. The van der Waals surface area contributed by atoms with Crippen molar-refractivity contribution in [1.29, 1.82) is 0 Å². The van der Waals surface area contributed by atoms with Crippen LogP contribution in [0, 0.1) is 0 Å². The summed E-state index contributed by atoms with van der Waals surface area (Å²) in [4.78, 5) is 11.3. The van der Waals surface area contributed by atoms with Gasteiger partial charge in [-0.05, 0) is 18.6 Å². The summed E-state index contributed by atoms with van der Waals surface area (Å²) in [5, 5.41) is 3.11. The molecule has 0 spiro atoms. The first-order valence-electron chi connectivity index (χ1n) is 5.11. The summed E-state index contributed by atoms with van der Waals surface area (Å²) in [5.41, 5.74) is 0. The van der Waals surface area contributed by atoms with Crippen molar-refractivity contribution < 1.29 is 13.9 Å². The summed E-state index contributed by atoms with van der Waals surface area (Å²) in [6.45, 7) is 2.58. The van der Waals surface area contributed by atoms with E-state index in [0.717, 1.165) is 18.6 Å². The molecule has 4 heteroatoms. The maximum atomic E-state index is 11.3. The Bertz CT molecular complexity index is 282. The van der Waals surface area contributed by atoms with E-state index in [-0.39, 0.29) is 12.0 Å². The largest absolute Gasteiger partial charge is 0.468 e. The predicted octanol–water partition coefficient (Wildman–Crippen LogP) is 1.71. The van der Waals surface area contributed by atoms with Crippen LogP contribution in [0.25, 0.3) is 0 Å². The molecule has 1 rings (SSSR count). The highest BCUT2D eigenvalue weighted by Crippen LogP contribution is 2.03. The first kappa shape index (κ1) is 11.8. The van der Waals surface area contributed by atoms with Crippen LogP contribution in [-0.2, 0) is 16.1 Å². The van der Waals surface area contributed by atoms with E-state index < -0.39 is 0 Å². The van der Waals surface area contributed by atoms with E-state index in [0.29, 0.717) is 6.54 Å². The van der Waals surface area contributed by atoms with E-state index in [2.05, 4.69) is 5.32 Å². The van der Waals surface area contributed by atoms with Crippen LogP contribution in [0.5, 0.6) is 0 Å². The third-order valence-electron chi connectivity index (χ3n) is 2.17. The maximum absolute atomic E-state index is 11.3. The second kappa shape index (κ2) is 6.24. The lowest BCUT2D eigenvalue weighted by atomic mass is 10.1. The zero-order valence-electron chi connectivity index (χ0n) is 9.16. The van der Waals surface area contributed by atoms with Crippen LogP contribution < -0.4 is 5.32 Å². The van der Waals surface area contributed by atoms with E-state index in [1.54, 1.807) is 6.26 Å². The number of hydrogen-bond donors (Lipinski definition) is 1. The molecule has 84 valence electrons. The van der Waals surface area contributed by atoms with E-state index in [1.165, 1.54) is 7.11 Å². The van der Waals surface area contributed by atoms with Gasteiger partial charge in [-0.1, -0.05) is 13.3 Å². The molecule has 0 fully saturated rings. The molecular formula is C11H17NO3. The SMILES string of the molecule is CCCC(NCc1ccco1)C(=O)OC. The average Bonchev–Trinajstić information content (AvgIpc) is 2.76. The molecule has 0 aliphatic heterocycles. The molecule has 1 heterocycles. The molecule has 0 aliphatic rings. The van der Waals surface area contributed by atoms with Crippen molar-refractivity contribution in [2.75, 3.05) is 7.11 Å². The third kappa shape index (κ3) is 3.75. The number of rotatable bonds is 6. The molecule has 1 atom stereocenters. The van der Waals surface area contributed by atoms with Gasteiger partial charge in [0.2, 0.25) is 0 Å². The minimum atomic E-state index is -0.245. The van der Waals surface area contributed by atoms with Gasteiger partial charge >= 0.3 is 5.97 Å². The highest BCUT2D eigenvalue weighted by molar-refractivity contribution is 5.75. The van der Waals surface area contributed by atoms with Gasteiger partial charge in [-0.3, -0.25) is 10.1 Å². The highest BCUT2D eigenvalue weighted by atomic mass is 16.5. The Balaban J connectivity index is 2.41. The fourth-order valence-electron chi connectivity index (χ4n) is 1.37. The predicted molar refractivity (Wildman–Crippen MR) is 56.3 cm³/mol. The number of carbonyl (C=O) groups is 1. The molecule has 4 nitrogen and oxygen atoms in total. The zero-order chi connectivity index (χ0) is 11.1. The molecule has 0 aromatic carbocycles. The monoisotopic (exact) mass is 211 g/mol. The van der Waals surface area contributed by atoms with E-state index in [1.807, 2.05) is 19.1 Å². The van der Waals surface area contributed by atoms with Gasteiger partial charge in [0, 0.05) is 0 Å². The van der Waals surface area contributed by atoms with Gasteiger partial charge < -0.3 is 9.15 Å². The van der Waals surface area contributed by atoms with E-state index in [4.69, 9.17) is 9.15 Å². The number of furan rings is 1. The first-order chi connectivity index (χ1) is 7.27. The van der Waals surface area contributed by atoms with Crippen molar-refractivity contribution in [3.63, 3.8) is 0 Å². The number of ether oxygens (including phenoxy) is 1. The van der Waals surface area contributed by atoms with Crippen LogP contribution in [0.15, 0.2) is 22.8 Å². The Hall–Kier alpha value is -1.29. The third-order valence-corrected chi connectivity index (χ3v) is 2.17. The van der Waals surface area contributed by atoms with E-state index >= 15 is 0 Å². The highest BCUT2D eigenvalue weighted by Gasteiger charge is 2.17. The topological polar surface area (TPSA) is 51.5 Å². The van der Waals surface area contributed by atoms with Crippen molar-refractivity contribution in [2.45, 2.75) is 32.4 Å². The summed E-state index contributed by atoms with van der Waals surface area (Å²) in [7, 11) is 1.40. The quantitative estimate of drug-likeness (QED) is 0.728. The van der Waals surface area contributed by atoms with Gasteiger partial charge in [0.15, 0.2) is 0 Å². The number of nitrogens with one attached hydrogen (secondary N) is 1. The number of methoxy groups -OCH3 is 1. The van der Waals surface area contributed by atoms with Gasteiger partial charge in [0.25, 0.3) is 0 Å². The molecule has 0 radical (unpaired) electrons. The molecule has 1 N–H and O–H groups in total. The lowest BCUT2D eigenvalue weighted by Gasteiger charge is -2.14. The molecule has 1 unspecified atom stereocenters. The Morgan fingerprint density at radius 2 is 2.47 bits per heavy atom. The summed E-state index contributed by atoms with van der Waals surface area (Å²) in [6, 6.07) is 3.45. The molecule has 0 saturated heterocycles. The average molecular weight is 211 g/mol. The second-order valence-electron chi connectivity index (χ2n) is 3.32. The zero-order valence-corrected chi connectivity index (χ0v) is 9.16. The van der Waals surface area contributed by atoms with Crippen LogP contribution >= 0.6 is 0 Å². The Morgan fingerprint density at radius 1 is 1.67 bits per heavy atom. The first-order valence-corrected chi connectivity index (χ1v) is 5.11. The van der Waals surface area contributed by atoms with Crippen molar-refractivity contribution in [2.24, 2.45) is 0 Å². The van der Waals surface area contributed by atoms with Gasteiger partial charge in [-0.25, -0.2) is 0 Å². The molecule has 0 saturated carbocycles. The standard InChI is InChI=1S/C11H17NO3/c1-3-5-10(11(13)14-2)12-8-9-6-4-7-15-9/h4,6-7,10,12H,3,5,8H2,1-2H3. The van der Waals surface area contributed by atoms with Crippen LogP contribution in [0.2, 0.25) is 0 Å². The number of esters is 1. The smallest absolute Gasteiger partial charge is 0.322 e. The Labute approximate surface area is 89.6 Å². The Kier molecular flexibility index (Phi) is 4.90. The minimum Gasteiger partial charge on any atom is -0.468 e. The maximum Gasteiger partial charge on any atom is 0.322 e. The lowest BCUT2D eigenvalue weighted by Crippen LogP contribution is -2.36. The summed E-state index contributed by atoms with van der Waals surface area (Å²) in [5.74, 6) is 0.600. The van der Waals surface area contributed by atoms with Crippen LogP contribution in [0.4, 0.5) is 0 Å². The molecule has 1 aromatic rings. The van der Waals surface area contributed by atoms with Crippen molar-refractivity contribution in [3.05, 3.63) is 24.2 Å². The summed E-state index contributed by atoms with van der Waals surface area (Å²) in [6.07, 6.45) is 3.32. The van der Waals surface area contributed by atoms with Crippen molar-refractivity contribution >= 4 is 5.97 Å². The fourth-order valence-corrected chi connectivity index (χ4v) is 1.37. The van der Waals surface area contributed by atoms with Crippen LogP contribution in [-0.4, -0.2) is 19.1 Å². The second-order valence-corrected chi connectivity index (χ2v) is 3.32. The molecule has 0 aliphatic carbocycles. The normalized spacial score (nSPS) is 12.4. The molecule has 0 bridgehead atoms. The molecule has 15 heavy (non-hydrogen) atoms. The van der Waals surface area contributed by atoms with Crippen LogP contribution in [0.1, 0.15) is 25.5 Å². The van der Waals surface area contributed by atoms with Gasteiger partial charge in [0.05, 0.1) is 19.9 Å². The summed E-state index contributed by atoms with van der Waals surface area (Å²) >= 11 is 0. The Morgan fingerprint density at radius 3 is 3.00 bits per heavy atom. The number of hydrogen-bond acceptors (Lipinski definition) is 4. The molecule has 1 aromatic heterocycles. The van der Waals surface area contributed by atoms with E-state index in [9.17, 15) is 4.79 Å². The van der Waals surface area contributed by atoms with Crippen molar-refractivity contribution in [3.8, 4) is 0 Å².